The van der Waals surface area contributed by atoms with Crippen molar-refractivity contribution in [2.24, 2.45) is 5.92 Å². The second-order valence-electron chi connectivity index (χ2n) is 7.38. The number of carbonyl (C=O) groups is 1. The smallest absolute Gasteiger partial charge is 0.254 e. The SMILES string of the molecule is CC(C)COc1ccc(CN(Cc2ccncc2)C(=O)c2cccc(Cl)c2)cc1. The van der Waals surface area contributed by atoms with Crippen molar-refractivity contribution in [1.29, 1.82) is 0 Å². The molecule has 0 N–H and O–H groups in total. The van der Waals surface area contributed by atoms with Crippen LogP contribution in [0.4, 0.5) is 0 Å². The molecule has 1 heterocycles. The molecule has 0 saturated carbocycles. The van der Waals surface area contributed by atoms with E-state index in [-0.39, 0.29) is 5.91 Å². The Bertz CT molecular complexity index is 927. The zero-order valence-corrected chi connectivity index (χ0v) is 17.5. The molecule has 0 aliphatic carbocycles. The first-order chi connectivity index (χ1) is 14.0. The molecule has 0 radical (unpaired) electrons. The molecule has 4 nitrogen and oxygen atoms in total. The van der Waals surface area contributed by atoms with E-state index < -0.39 is 0 Å². The molecule has 29 heavy (non-hydrogen) atoms. The number of carbonyl (C=O) groups excluding carboxylic acids is 1. The molecule has 3 aromatic rings. The fourth-order valence-electron chi connectivity index (χ4n) is 2.89. The summed E-state index contributed by atoms with van der Waals surface area (Å²) in [4.78, 5) is 19.0. The average molecular weight is 409 g/mol. The number of benzene rings is 2. The molecule has 0 spiro atoms. The van der Waals surface area contributed by atoms with Gasteiger partial charge in [-0.2, -0.15) is 0 Å². The first kappa shape index (κ1) is 20.9. The van der Waals surface area contributed by atoms with Crippen molar-refractivity contribution >= 4 is 17.5 Å². The number of amides is 1. The van der Waals surface area contributed by atoms with Crippen molar-refractivity contribution in [3.05, 3.63) is 94.8 Å². The highest BCUT2D eigenvalue weighted by atomic mass is 35.5. The van der Waals surface area contributed by atoms with E-state index >= 15 is 0 Å². The van der Waals surface area contributed by atoms with Crippen LogP contribution >= 0.6 is 11.6 Å². The second kappa shape index (κ2) is 10.1. The standard InChI is InChI=1S/C24H25ClN2O2/c1-18(2)17-29-23-8-6-19(7-9-23)15-27(16-20-10-12-26-13-11-20)24(28)21-4-3-5-22(25)14-21/h3-14,18H,15-17H2,1-2H3. The molecule has 0 saturated heterocycles. The lowest BCUT2D eigenvalue weighted by atomic mass is 10.1. The Kier molecular flexibility index (Phi) is 7.25. The molecule has 3 rings (SSSR count). The van der Waals surface area contributed by atoms with Crippen LogP contribution in [0.5, 0.6) is 5.75 Å². The van der Waals surface area contributed by atoms with E-state index in [0.717, 1.165) is 16.9 Å². The molecule has 0 aliphatic heterocycles. The van der Waals surface area contributed by atoms with E-state index in [4.69, 9.17) is 16.3 Å². The van der Waals surface area contributed by atoms with Crippen molar-refractivity contribution in [2.75, 3.05) is 6.61 Å². The summed E-state index contributed by atoms with van der Waals surface area (Å²) in [5.41, 5.74) is 2.63. The van der Waals surface area contributed by atoms with Gasteiger partial charge in [-0.15, -0.1) is 0 Å². The van der Waals surface area contributed by atoms with Crippen LogP contribution in [0, 0.1) is 5.92 Å². The van der Waals surface area contributed by atoms with Crippen molar-refractivity contribution in [3.8, 4) is 5.75 Å². The van der Waals surface area contributed by atoms with Gasteiger partial charge in [0.1, 0.15) is 5.75 Å². The van der Waals surface area contributed by atoms with E-state index in [1.54, 1.807) is 36.7 Å². The normalized spacial score (nSPS) is 10.8. The fraction of sp³-hybridized carbons (Fsp3) is 0.250. The number of rotatable bonds is 8. The predicted octanol–water partition coefficient (Wildman–Crippen LogP) is 5.61. The maximum Gasteiger partial charge on any atom is 0.254 e. The number of nitrogens with zero attached hydrogens (tertiary/aromatic N) is 2. The zero-order valence-electron chi connectivity index (χ0n) is 16.7. The average Bonchev–Trinajstić information content (AvgIpc) is 2.73. The van der Waals surface area contributed by atoms with Gasteiger partial charge >= 0.3 is 0 Å². The summed E-state index contributed by atoms with van der Waals surface area (Å²) >= 11 is 6.09. The Hall–Kier alpha value is -2.85. The highest BCUT2D eigenvalue weighted by Gasteiger charge is 2.17. The quantitative estimate of drug-likeness (QED) is 0.486. The summed E-state index contributed by atoms with van der Waals surface area (Å²) in [5.74, 6) is 1.24. The molecule has 150 valence electrons. The molecule has 0 aliphatic rings. The number of hydrogen-bond donors (Lipinski definition) is 0. The molecule has 1 amide bonds. The second-order valence-corrected chi connectivity index (χ2v) is 7.81. The molecular weight excluding hydrogens is 384 g/mol. The number of halogens is 1. The minimum Gasteiger partial charge on any atom is -0.493 e. The Labute approximate surface area is 177 Å². The Morgan fingerprint density at radius 1 is 1.00 bits per heavy atom. The lowest BCUT2D eigenvalue weighted by Gasteiger charge is -2.23. The maximum absolute atomic E-state index is 13.2. The van der Waals surface area contributed by atoms with Crippen LogP contribution in [-0.2, 0) is 13.1 Å². The van der Waals surface area contributed by atoms with Gasteiger partial charge in [0.2, 0.25) is 0 Å². The highest BCUT2D eigenvalue weighted by molar-refractivity contribution is 6.30. The van der Waals surface area contributed by atoms with Crippen LogP contribution in [0.3, 0.4) is 0 Å². The van der Waals surface area contributed by atoms with Gasteiger partial charge in [0.25, 0.3) is 5.91 Å². The van der Waals surface area contributed by atoms with Crippen LogP contribution in [0.2, 0.25) is 5.02 Å². The van der Waals surface area contributed by atoms with E-state index in [1.807, 2.05) is 41.3 Å². The monoisotopic (exact) mass is 408 g/mol. The van der Waals surface area contributed by atoms with Gasteiger partial charge in [0.15, 0.2) is 0 Å². The first-order valence-corrected chi connectivity index (χ1v) is 10.0. The summed E-state index contributed by atoms with van der Waals surface area (Å²) < 4.78 is 5.75. The Morgan fingerprint density at radius 3 is 2.28 bits per heavy atom. The number of pyridine rings is 1. The minimum absolute atomic E-state index is 0.0653. The van der Waals surface area contributed by atoms with Crippen LogP contribution in [0.15, 0.2) is 73.1 Å². The van der Waals surface area contributed by atoms with Gasteiger partial charge in [-0.05, 0) is 59.5 Å². The third kappa shape index (κ3) is 6.33. The van der Waals surface area contributed by atoms with Crippen molar-refractivity contribution in [1.82, 2.24) is 9.88 Å². The minimum atomic E-state index is -0.0653. The molecule has 1 aromatic heterocycles. The topological polar surface area (TPSA) is 42.4 Å². The summed E-state index contributed by atoms with van der Waals surface area (Å²) in [6, 6.07) is 18.8. The van der Waals surface area contributed by atoms with Crippen LogP contribution in [0.1, 0.15) is 35.3 Å². The summed E-state index contributed by atoms with van der Waals surface area (Å²) in [5, 5.41) is 0.548. The Balaban J connectivity index is 1.78. The molecule has 0 unspecified atom stereocenters. The third-order valence-corrected chi connectivity index (χ3v) is 4.60. The molecule has 5 heteroatoms. The van der Waals surface area contributed by atoms with Crippen LogP contribution in [-0.4, -0.2) is 22.4 Å². The van der Waals surface area contributed by atoms with Gasteiger partial charge in [0, 0.05) is 36.1 Å². The fourth-order valence-corrected chi connectivity index (χ4v) is 3.08. The van der Waals surface area contributed by atoms with Crippen molar-refractivity contribution in [3.63, 3.8) is 0 Å². The molecule has 0 fully saturated rings. The van der Waals surface area contributed by atoms with Crippen LogP contribution < -0.4 is 4.74 Å². The first-order valence-electron chi connectivity index (χ1n) is 9.67. The van der Waals surface area contributed by atoms with E-state index in [9.17, 15) is 4.79 Å². The largest absolute Gasteiger partial charge is 0.493 e. The molecule has 0 atom stereocenters. The lowest BCUT2D eigenvalue weighted by Crippen LogP contribution is -2.30. The lowest BCUT2D eigenvalue weighted by molar-refractivity contribution is 0.0730. The van der Waals surface area contributed by atoms with Gasteiger partial charge in [-0.3, -0.25) is 9.78 Å². The third-order valence-electron chi connectivity index (χ3n) is 4.36. The molecule has 0 bridgehead atoms. The number of hydrogen-bond acceptors (Lipinski definition) is 3. The van der Waals surface area contributed by atoms with Gasteiger partial charge in [-0.1, -0.05) is 43.6 Å². The van der Waals surface area contributed by atoms with E-state index in [0.29, 0.717) is 36.2 Å². The van der Waals surface area contributed by atoms with Crippen LogP contribution in [0.25, 0.3) is 0 Å². The maximum atomic E-state index is 13.2. The summed E-state index contributed by atoms with van der Waals surface area (Å²) in [7, 11) is 0. The Morgan fingerprint density at radius 2 is 1.66 bits per heavy atom. The van der Waals surface area contributed by atoms with Gasteiger partial charge in [-0.25, -0.2) is 0 Å². The number of ether oxygens (including phenoxy) is 1. The highest BCUT2D eigenvalue weighted by Crippen LogP contribution is 2.19. The molecule has 2 aromatic carbocycles. The van der Waals surface area contributed by atoms with E-state index in [2.05, 4.69) is 18.8 Å². The number of aromatic nitrogens is 1. The predicted molar refractivity (Wildman–Crippen MR) is 116 cm³/mol. The van der Waals surface area contributed by atoms with E-state index in [1.165, 1.54) is 0 Å². The van der Waals surface area contributed by atoms with Gasteiger partial charge < -0.3 is 9.64 Å². The molecular formula is C24H25ClN2O2. The van der Waals surface area contributed by atoms with Crippen molar-refractivity contribution in [2.45, 2.75) is 26.9 Å². The summed E-state index contributed by atoms with van der Waals surface area (Å²) in [6.45, 7) is 5.89. The van der Waals surface area contributed by atoms with Gasteiger partial charge in [0.05, 0.1) is 6.61 Å². The van der Waals surface area contributed by atoms with Crippen molar-refractivity contribution < 1.29 is 9.53 Å². The summed E-state index contributed by atoms with van der Waals surface area (Å²) in [6.07, 6.45) is 3.47. The zero-order chi connectivity index (χ0) is 20.6.